The fraction of sp³-hybridized carbons (Fsp3) is 0.353. The molecule has 1 fully saturated rings. The molecular weight excluding hydrogens is 292 g/mol. The van der Waals surface area contributed by atoms with Crippen molar-refractivity contribution in [3.8, 4) is 0 Å². The number of nitrogens with one attached hydrogen (secondary N) is 1. The van der Waals surface area contributed by atoms with Gasteiger partial charge in [-0.05, 0) is 25.3 Å². The molecule has 0 radical (unpaired) electrons. The smallest absolute Gasteiger partial charge is 0.268 e. The van der Waals surface area contributed by atoms with Gasteiger partial charge in [0.15, 0.2) is 0 Å². The van der Waals surface area contributed by atoms with Crippen LogP contribution in [0.5, 0.6) is 0 Å². The zero-order valence-corrected chi connectivity index (χ0v) is 13.0. The summed E-state index contributed by atoms with van der Waals surface area (Å²) < 4.78 is 5.97. The summed E-state index contributed by atoms with van der Waals surface area (Å²) in [6, 6.07) is 8.49. The number of aromatic nitrogens is 2. The Morgan fingerprint density at radius 2 is 2.04 bits per heavy atom. The molecule has 6 heteroatoms. The van der Waals surface area contributed by atoms with Crippen molar-refractivity contribution in [3.63, 3.8) is 0 Å². The molecule has 1 saturated heterocycles. The van der Waals surface area contributed by atoms with E-state index in [0.717, 1.165) is 25.0 Å². The quantitative estimate of drug-likeness (QED) is 0.903. The van der Waals surface area contributed by atoms with E-state index >= 15 is 0 Å². The number of hydrogen-bond acceptors (Lipinski definition) is 5. The van der Waals surface area contributed by atoms with Crippen LogP contribution in [0.15, 0.2) is 36.7 Å². The first-order valence-electron chi connectivity index (χ1n) is 7.70. The molecule has 3 N–H and O–H groups in total. The van der Waals surface area contributed by atoms with Crippen molar-refractivity contribution in [1.29, 1.82) is 0 Å². The molecule has 0 bridgehead atoms. The van der Waals surface area contributed by atoms with E-state index in [1.165, 1.54) is 18.0 Å². The zero-order chi connectivity index (χ0) is 16.2. The minimum atomic E-state index is -0.581. The number of hydrogen-bond donors (Lipinski definition) is 2. The molecular formula is C17H20N4O2. The second kappa shape index (κ2) is 6.75. The first-order valence-corrected chi connectivity index (χ1v) is 7.70. The van der Waals surface area contributed by atoms with E-state index < -0.39 is 5.91 Å². The molecule has 2 atom stereocenters. The lowest BCUT2D eigenvalue weighted by Crippen LogP contribution is -2.34. The molecule has 0 saturated carbocycles. The summed E-state index contributed by atoms with van der Waals surface area (Å²) >= 11 is 0. The van der Waals surface area contributed by atoms with Crippen LogP contribution in [-0.2, 0) is 4.74 Å². The third-order valence-corrected chi connectivity index (χ3v) is 3.97. The average Bonchev–Trinajstić information content (AvgIpc) is 2.57. The standard InChI is InChI=1S/C17H20N4O2/c1-11-4-6-12(7-5-11)16-13(3-2-8-23-16)21-15-10-19-14(9-20-15)17(18)22/h4-7,9-10,13,16H,2-3,8H2,1H3,(H2,18,22)(H,20,21)/t13-,16+/m0/s1. The highest BCUT2D eigenvalue weighted by Crippen LogP contribution is 2.30. The number of ether oxygens (including phenoxy) is 1. The van der Waals surface area contributed by atoms with Crippen LogP contribution in [0.4, 0.5) is 5.82 Å². The maximum atomic E-state index is 11.0. The van der Waals surface area contributed by atoms with Gasteiger partial charge in [-0.15, -0.1) is 0 Å². The molecule has 2 heterocycles. The normalized spacial score (nSPS) is 20.9. The number of aryl methyl sites for hydroxylation is 1. The first-order chi connectivity index (χ1) is 11.1. The Morgan fingerprint density at radius 3 is 2.70 bits per heavy atom. The van der Waals surface area contributed by atoms with Crippen LogP contribution in [0.25, 0.3) is 0 Å². The van der Waals surface area contributed by atoms with E-state index in [1.807, 2.05) is 0 Å². The number of rotatable bonds is 4. The van der Waals surface area contributed by atoms with Gasteiger partial charge in [-0.3, -0.25) is 4.79 Å². The molecule has 120 valence electrons. The van der Waals surface area contributed by atoms with Gasteiger partial charge in [0.25, 0.3) is 5.91 Å². The highest BCUT2D eigenvalue weighted by Gasteiger charge is 2.27. The van der Waals surface area contributed by atoms with Gasteiger partial charge in [0.05, 0.1) is 18.4 Å². The molecule has 0 aliphatic carbocycles. The maximum absolute atomic E-state index is 11.0. The number of carbonyl (C=O) groups excluding carboxylic acids is 1. The van der Waals surface area contributed by atoms with Crippen molar-refractivity contribution in [2.45, 2.75) is 31.9 Å². The minimum Gasteiger partial charge on any atom is -0.371 e. The van der Waals surface area contributed by atoms with Gasteiger partial charge in [-0.2, -0.15) is 0 Å². The molecule has 1 aromatic carbocycles. The molecule has 2 aromatic rings. The Kier molecular flexibility index (Phi) is 4.52. The predicted molar refractivity (Wildman–Crippen MR) is 87.1 cm³/mol. The molecule has 1 aromatic heterocycles. The number of nitrogens with two attached hydrogens (primary N) is 1. The van der Waals surface area contributed by atoms with E-state index in [9.17, 15) is 4.79 Å². The topological polar surface area (TPSA) is 90.1 Å². The molecule has 1 amide bonds. The number of nitrogens with zero attached hydrogens (tertiary/aromatic N) is 2. The molecule has 23 heavy (non-hydrogen) atoms. The predicted octanol–water partition coefficient (Wildman–Crippen LogP) is 2.22. The summed E-state index contributed by atoms with van der Waals surface area (Å²) in [6.45, 7) is 2.82. The van der Waals surface area contributed by atoms with Crippen LogP contribution in [0.3, 0.4) is 0 Å². The van der Waals surface area contributed by atoms with Gasteiger partial charge in [-0.1, -0.05) is 29.8 Å². The van der Waals surface area contributed by atoms with Crippen molar-refractivity contribution < 1.29 is 9.53 Å². The Hall–Kier alpha value is -2.47. The first kappa shape index (κ1) is 15.4. The fourth-order valence-electron chi connectivity index (χ4n) is 2.73. The number of carbonyl (C=O) groups is 1. The third-order valence-electron chi connectivity index (χ3n) is 3.97. The number of anilines is 1. The van der Waals surface area contributed by atoms with E-state index in [-0.39, 0.29) is 17.8 Å². The molecule has 1 aliphatic rings. The van der Waals surface area contributed by atoms with Crippen LogP contribution < -0.4 is 11.1 Å². The second-order valence-electron chi connectivity index (χ2n) is 5.75. The van der Waals surface area contributed by atoms with Crippen LogP contribution >= 0.6 is 0 Å². The summed E-state index contributed by atoms with van der Waals surface area (Å²) in [6.07, 6.45) is 4.86. The van der Waals surface area contributed by atoms with Crippen molar-refractivity contribution in [2.75, 3.05) is 11.9 Å². The van der Waals surface area contributed by atoms with Crippen LogP contribution in [0.1, 0.15) is 40.6 Å². The van der Waals surface area contributed by atoms with Gasteiger partial charge in [-0.25, -0.2) is 9.97 Å². The molecule has 0 unspecified atom stereocenters. The van der Waals surface area contributed by atoms with E-state index in [4.69, 9.17) is 10.5 Å². The Bertz CT molecular complexity index is 670. The minimum absolute atomic E-state index is 0.0260. The van der Waals surface area contributed by atoms with Gasteiger partial charge < -0.3 is 15.8 Å². The maximum Gasteiger partial charge on any atom is 0.268 e. The van der Waals surface area contributed by atoms with Gasteiger partial charge >= 0.3 is 0 Å². The lowest BCUT2D eigenvalue weighted by atomic mass is 9.95. The van der Waals surface area contributed by atoms with Gasteiger partial charge in [0, 0.05) is 6.61 Å². The SMILES string of the molecule is Cc1ccc([C@H]2OCCC[C@@H]2Nc2cnc(C(N)=O)cn2)cc1. The van der Waals surface area contributed by atoms with Crippen LogP contribution in [0.2, 0.25) is 0 Å². The van der Waals surface area contributed by atoms with E-state index in [1.54, 1.807) is 0 Å². The summed E-state index contributed by atoms with van der Waals surface area (Å²) in [4.78, 5) is 19.3. The fourth-order valence-corrected chi connectivity index (χ4v) is 2.73. The molecule has 1 aliphatic heterocycles. The lowest BCUT2D eigenvalue weighted by Gasteiger charge is -2.33. The molecule has 6 nitrogen and oxygen atoms in total. The van der Waals surface area contributed by atoms with E-state index in [0.29, 0.717) is 5.82 Å². The Morgan fingerprint density at radius 1 is 1.26 bits per heavy atom. The molecule has 3 rings (SSSR count). The Balaban J connectivity index is 1.76. The van der Waals surface area contributed by atoms with Crippen molar-refractivity contribution in [3.05, 3.63) is 53.5 Å². The summed E-state index contributed by atoms with van der Waals surface area (Å²) in [7, 11) is 0. The average molecular weight is 312 g/mol. The summed E-state index contributed by atoms with van der Waals surface area (Å²) in [5, 5.41) is 3.36. The van der Waals surface area contributed by atoms with Gasteiger partial charge in [0.1, 0.15) is 17.6 Å². The van der Waals surface area contributed by atoms with Crippen LogP contribution in [-0.4, -0.2) is 28.5 Å². The highest BCUT2D eigenvalue weighted by atomic mass is 16.5. The monoisotopic (exact) mass is 312 g/mol. The van der Waals surface area contributed by atoms with Crippen molar-refractivity contribution in [1.82, 2.24) is 9.97 Å². The van der Waals surface area contributed by atoms with E-state index in [2.05, 4.69) is 46.5 Å². The van der Waals surface area contributed by atoms with Gasteiger partial charge in [0.2, 0.25) is 0 Å². The second-order valence-corrected chi connectivity index (χ2v) is 5.75. The van der Waals surface area contributed by atoms with Crippen LogP contribution in [0, 0.1) is 6.92 Å². The number of primary amides is 1. The number of benzene rings is 1. The Labute approximate surface area is 135 Å². The lowest BCUT2D eigenvalue weighted by molar-refractivity contribution is 0.00554. The largest absolute Gasteiger partial charge is 0.371 e. The summed E-state index contributed by atoms with van der Waals surface area (Å²) in [5.74, 6) is 0.0326. The van der Waals surface area contributed by atoms with Crippen molar-refractivity contribution >= 4 is 11.7 Å². The summed E-state index contributed by atoms with van der Waals surface area (Å²) in [5.41, 5.74) is 7.71. The molecule has 0 spiro atoms. The zero-order valence-electron chi connectivity index (χ0n) is 13.0. The highest BCUT2D eigenvalue weighted by molar-refractivity contribution is 5.90. The number of amides is 1. The third kappa shape index (κ3) is 3.65. The van der Waals surface area contributed by atoms with Crippen molar-refractivity contribution in [2.24, 2.45) is 5.73 Å².